The second-order valence-corrected chi connectivity index (χ2v) is 1.94. The molecule has 0 saturated carbocycles. The van der Waals surface area contributed by atoms with Crippen molar-refractivity contribution in [1.29, 1.82) is 0 Å². The molecular weight excluding hydrogens is 116 g/mol. The molecule has 0 aliphatic heterocycles. The molecule has 3 nitrogen and oxygen atoms in total. The van der Waals surface area contributed by atoms with Gasteiger partial charge in [0.2, 0.25) is 5.91 Å². The van der Waals surface area contributed by atoms with Gasteiger partial charge in [0.15, 0.2) is 0 Å². The largest absolute Gasteiger partial charge is 0.356 e. The summed E-state index contributed by atoms with van der Waals surface area (Å²) < 4.78 is 0. The predicted molar refractivity (Wildman–Crippen MR) is 35.9 cm³/mol. The Hall–Kier alpha value is -0.570. The summed E-state index contributed by atoms with van der Waals surface area (Å²) in [6, 6.07) is 0. The van der Waals surface area contributed by atoms with Gasteiger partial charge in [0.05, 0.1) is 0 Å². The highest BCUT2D eigenvalue weighted by molar-refractivity contribution is 5.72. The quantitative estimate of drug-likeness (QED) is 0.541. The Kier molecular flexibility index (Phi) is 5.21. The molecule has 0 aliphatic carbocycles. The summed E-state index contributed by atoms with van der Waals surface area (Å²) in [5.41, 5.74) is 6.78. The molecule has 0 unspecified atom stereocenters. The molecule has 0 aromatic heterocycles. The van der Waals surface area contributed by atoms with Crippen LogP contribution in [0.1, 0.15) is 19.8 Å². The average Bonchev–Trinajstić information content (AvgIpc) is 1.80. The zero-order valence-corrected chi connectivity index (χ0v) is 5.74. The first kappa shape index (κ1) is 8.43. The highest BCUT2D eigenvalue weighted by Crippen LogP contribution is 1.81. The molecule has 53 valence electrons. The molecule has 0 fully saturated rings. The Labute approximate surface area is 55.6 Å². The maximum absolute atomic E-state index is 10.2. The molecule has 3 heteroatoms. The van der Waals surface area contributed by atoms with Gasteiger partial charge in [-0.1, -0.05) is 0 Å². The number of carbonyl (C=O) groups is 1. The van der Waals surface area contributed by atoms with E-state index in [4.69, 9.17) is 5.73 Å². The number of hydrogen-bond donors (Lipinski definition) is 1. The van der Waals surface area contributed by atoms with Gasteiger partial charge >= 0.3 is 0 Å². The van der Waals surface area contributed by atoms with Crippen molar-refractivity contribution in [1.82, 2.24) is 11.1 Å². The van der Waals surface area contributed by atoms with Gasteiger partial charge in [-0.3, -0.25) is 10.5 Å². The Morgan fingerprint density at radius 3 is 2.67 bits per heavy atom. The Morgan fingerprint density at radius 2 is 2.22 bits per heavy atom. The fourth-order valence-corrected chi connectivity index (χ4v) is 0.514. The van der Waals surface area contributed by atoms with Crippen molar-refractivity contribution in [2.24, 2.45) is 0 Å². The molecule has 0 heterocycles. The highest BCUT2D eigenvalue weighted by Gasteiger charge is 1.88. The van der Waals surface area contributed by atoms with Crippen LogP contribution in [0.25, 0.3) is 0 Å². The number of amides is 1. The highest BCUT2D eigenvalue weighted by atomic mass is 16.1. The van der Waals surface area contributed by atoms with Crippen LogP contribution in [0, 0.1) is 0 Å². The first-order valence-electron chi connectivity index (χ1n) is 3.16. The minimum Gasteiger partial charge on any atom is -0.356 e. The lowest BCUT2D eigenvalue weighted by Gasteiger charge is -1.98. The van der Waals surface area contributed by atoms with E-state index in [-0.39, 0.29) is 5.91 Å². The summed E-state index contributed by atoms with van der Waals surface area (Å²) in [5, 5.41) is 2.66. The first-order chi connectivity index (χ1) is 4.27. The number of rotatable bonds is 4. The van der Waals surface area contributed by atoms with Crippen molar-refractivity contribution in [3.8, 4) is 0 Å². The van der Waals surface area contributed by atoms with Crippen molar-refractivity contribution >= 4 is 5.91 Å². The second-order valence-electron chi connectivity index (χ2n) is 1.94. The van der Waals surface area contributed by atoms with Crippen LogP contribution in [0.5, 0.6) is 0 Å². The lowest BCUT2D eigenvalue weighted by atomic mass is 10.3. The Morgan fingerprint density at radius 1 is 1.56 bits per heavy atom. The maximum atomic E-state index is 10.2. The molecule has 0 saturated heterocycles. The van der Waals surface area contributed by atoms with Gasteiger partial charge in [0.1, 0.15) is 0 Å². The van der Waals surface area contributed by atoms with Crippen molar-refractivity contribution in [2.45, 2.75) is 19.8 Å². The summed E-state index contributed by atoms with van der Waals surface area (Å²) >= 11 is 0. The van der Waals surface area contributed by atoms with Crippen LogP contribution in [0.2, 0.25) is 0 Å². The molecule has 0 atom stereocenters. The summed E-state index contributed by atoms with van der Waals surface area (Å²) in [5.74, 6) is 0.0139. The van der Waals surface area contributed by atoms with Crippen LogP contribution in [-0.4, -0.2) is 19.0 Å². The lowest BCUT2D eigenvalue weighted by molar-refractivity contribution is -0.118. The molecule has 1 amide bonds. The molecule has 0 aromatic carbocycles. The van der Waals surface area contributed by atoms with Gasteiger partial charge in [-0.25, -0.2) is 0 Å². The normalized spacial score (nSPS) is 9.11. The second kappa shape index (κ2) is 5.56. The molecule has 1 radical (unpaired) electrons. The van der Waals surface area contributed by atoms with E-state index >= 15 is 0 Å². The molecular formula is C6H13N2O. The van der Waals surface area contributed by atoms with Crippen molar-refractivity contribution in [3.63, 3.8) is 0 Å². The summed E-state index contributed by atoms with van der Waals surface area (Å²) in [6.07, 6.45) is 1.80. The zero-order chi connectivity index (χ0) is 7.11. The van der Waals surface area contributed by atoms with Crippen LogP contribution < -0.4 is 11.1 Å². The summed E-state index contributed by atoms with van der Waals surface area (Å²) in [4.78, 5) is 10.2. The van der Waals surface area contributed by atoms with E-state index in [1.54, 1.807) is 0 Å². The molecule has 0 rings (SSSR count). The van der Waals surface area contributed by atoms with Crippen LogP contribution in [-0.2, 0) is 4.79 Å². The predicted octanol–water partition coefficient (Wildman–Crippen LogP) is 0.186. The van der Waals surface area contributed by atoms with Gasteiger partial charge in [-0.05, 0) is 12.8 Å². The third-order valence-electron chi connectivity index (χ3n) is 0.977. The fraction of sp³-hybridized carbons (Fsp3) is 0.833. The summed E-state index contributed by atoms with van der Waals surface area (Å²) in [6.45, 7) is 2.68. The van der Waals surface area contributed by atoms with Gasteiger partial charge in [-0.2, -0.15) is 0 Å². The van der Waals surface area contributed by atoms with E-state index in [2.05, 4.69) is 5.32 Å². The molecule has 0 bridgehead atoms. The Balaban J connectivity index is 2.83. The fourth-order valence-electron chi connectivity index (χ4n) is 0.514. The van der Waals surface area contributed by atoms with Crippen LogP contribution >= 0.6 is 0 Å². The minimum absolute atomic E-state index is 0.0139. The third kappa shape index (κ3) is 7.43. The van der Waals surface area contributed by atoms with Crippen molar-refractivity contribution in [2.75, 3.05) is 13.1 Å². The third-order valence-corrected chi connectivity index (χ3v) is 0.977. The Bertz CT molecular complexity index is 83.1. The molecule has 0 spiro atoms. The number of nitrogens with one attached hydrogen (secondary N) is 2. The topological polar surface area (TPSA) is 52.9 Å². The van der Waals surface area contributed by atoms with Crippen molar-refractivity contribution < 1.29 is 4.79 Å². The number of carbonyl (C=O) groups excluding carboxylic acids is 1. The van der Waals surface area contributed by atoms with E-state index < -0.39 is 0 Å². The SMILES string of the molecule is CC(=O)NCCCC[NH]. The first-order valence-corrected chi connectivity index (χ1v) is 3.16. The monoisotopic (exact) mass is 129 g/mol. The zero-order valence-electron chi connectivity index (χ0n) is 5.74. The van der Waals surface area contributed by atoms with Gasteiger partial charge < -0.3 is 5.32 Å². The van der Waals surface area contributed by atoms with Gasteiger partial charge in [0.25, 0.3) is 0 Å². The average molecular weight is 129 g/mol. The smallest absolute Gasteiger partial charge is 0.216 e. The van der Waals surface area contributed by atoms with Gasteiger partial charge in [-0.15, -0.1) is 0 Å². The van der Waals surface area contributed by atoms with E-state index in [0.29, 0.717) is 13.1 Å². The minimum atomic E-state index is 0.0139. The van der Waals surface area contributed by atoms with Gasteiger partial charge in [0, 0.05) is 20.0 Å². The van der Waals surface area contributed by atoms with Crippen LogP contribution in [0.4, 0.5) is 0 Å². The van der Waals surface area contributed by atoms with E-state index in [1.807, 2.05) is 0 Å². The summed E-state index contributed by atoms with van der Waals surface area (Å²) in [7, 11) is 0. The van der Waals surface area contributed by atoms with Crippen LogP contribution in [0.3, 0.4) is 0 Å². The van der Waals surface area contributed by atoms with E-state index in [1.165, 1.54) is 6.92 Å². The molecule has 9 heavy (non-hydrogen) atoms. The standard InChI is InChI=1S/C6H13N2O/c1-6(9)8-5-3-2-4-7/h7H,2-5H2,1H3,(H,8,9). The van der Waals surface area contributed by atoms with Crippen LogP contribution in [0.15, 0.2) is 0 Å². The van der Waals surface area contributed by atoms with E-state index in [0.717, 1.165) is 12.8 Å². The molecule has 2 N–H and O–H groups in total. The van der Waals surface area contributed by atoms with Crippen molar-refractivity contribution in [3.05, 3.63) is 0 Å². The number of unbranched alkanes of at least 4 members (excludes halogenated alkanes) is 1. The number of hydrogen-bond acceptors (Lipinski definition) is 1. The molecule has 0 aromatic rings. The van der Waals surface area contributed by atoms with E-state index in [9.17, 15) is 4.79 Å². The maximum Gasteiger partial charge on any atom is 0.216 e. The molecule has 0 aliphatic rings. The lowest BCUT2D eigenvalue weighted by Crippen LogP contribution is -2.20.